The second-order valence-corrected chi connectivity index (χ2v) is 15.0. The number of pyridine rings is 2. The van der Waals surface area contributed by atoms with Crippen molar-refractivity contribution in [3.05, 3.63) is 105 Å². The van der Waals surface area contributed by atoms with Crippen LogP contribution in [0.2, 0.25) is 0 Å². The Morgan fingerprint density at radius 3 is 1.22 bits per heavy atom. The molecule has 4 rings (SSSR count). The van der Waals surface area contributed by atoms with E-state index in [0.717, 1.165) is 80.1 Å². The maximum Gasteiger partial charge on any atom is 0.101 e. The highest BCUT2D eigenvalue weighted by molar-refractivity contribution is 5.85. The summed E-state index contributed by atoms with van der Waals surface area (Å²) in [4.78, 5) is 10.4. The van der Waals surface area contributed by atoms with Crippen LogP contribution >= 0.6 is 12.4 Å². The second-order valence-electron chi connectivity index (χ2n) is 15.0. The predicted molar refractivity (Wildman–Crippen MR) is 195 cm³/mol. The van der Waals surface area contributed by atoms with Gasteiger partial charge in [0, 0.05) is 47.0 Å². The summed E-state index contributed by atoms with van der Waals surface area (Å²) in [5, 5.41) is 11.2. The summed E-state index contributed by atoms with van der Waals surface area (Å²) in [5.74, 6) is -0.638. The van der Waals surface area contributed by atoms with E-state index < -0.39 is 5.92 Å². The van der Waals surface area contributed by atoms with Crippen molar-refractivity contribution in [3.8, 4) is 28.3 Å². The molecule has 2 aromatic heterocycles. The Labute approximate surface area is 283 Å². The molecule has 5 nitrogen and oxygen atoms in total. The van der Waals surface area contributed by atoms with Crippen LogP contribution in [0.1, 0.15) is 104 Å². The molecule has 0 radical (unpaired) electrons. The van der Waals surface area contributed by atoms with E-state index in [2.05, 4.69) is 110 Å². The largest absolute Gasteiger partial charge is 0.326 e. The summed E-state index contributed by atoms with van der Waals surface area (Å²) in [5.41, 5.74) is 27.1. The van der Waals surface area contributed by atoms with E-state index >= 15 is 0 Å². The zero-order chi connectivity index (χ0) is 33.3. The first-order valence-corrected chi connectivity index (χ1v) is 16.1. The summed E-state index contributed by atoms with van der Waals surface area (Å²) in [7, 11) is 0. The van der Waals surface area contributed by atoms with E-state index in [1.54, 1.807) is 0 Å². The number of hydrogen-bond acceptors (Lipinski definition) is 5. The number of rotatable bonds is 8. The van der Waals surface area contributed by atoms with Gasteiger partial charge in [-0.2, -0.15) is 5.26 Å². The lowest BCUT2D eigenvalue weighted by atomic mass is 9.77. The lowest BCUT2D eigenvalue weighted by Crippen LogP contribution is -2.21. The van der Waals surface area contributed by atoms with Gasteiger partial charge in [-0.1, -0.05) is 101 Å². The molecular weight excluding hydrogens is 586 g/mol. The average Bonchev–Trinajstić information content (AvgIpc) is 2.94. The number of nitrogens with two attached hydrogens (primary N) is 2. The molecule has 0 unspecified atom stereocenters. The monoisotopic (exact) mass is 637 g/mol. The average molecular weight is 638 g/mol. The topological polar surface area (TPSA) is 102 Å². The Morgan fingerprint density at radius 2 is 0.957 bits per heavy atom. The number of halogens is 1. The molecule has 0 atom stereocenters. The quantitative estimate of drug-likeness (QED) is 0.200. The predicted octanol–water partition coefficient (Wildman–Crippen LogP) is 9.22. The fourth-order valence-corrected chi connectivity index (χ4v) is 6.45. The van der Waals surface area contributed by atoms with Crippen LogP contribution in [-0.4, -0.2) is 9.97 Å². The van der Waals surface area contributed by atoms with Crippen molar-refractivity contribution < 1.29 is 0 Å². The Hall–Kier alpha value is -3.56. The number of aromatic nitrogens is 2. The summed E-state index contributed by atoms with van der Waals surface area (Å²) in [6, 6.07) is 19.8. The zero-order valence-corrected chi connectivity index (χ0v) is 30.2. The van der Waals surface area contributed by atoms with Gasteiger partial charge >= 0.3 is 0 Å². The molecular formula is C40H52ClN5. The minimum Gasteiger partial charge on any atom is -0.326 e. The first kappa shape index (κ1) is 36.9. The molecule has 2 heterocycles. The zero-order valence-electron chi connectivity index (χ0n) is 29.4. The molecule has 0 fully saturated rings. The second kappa shape index (κ2) is 14.5. The highest BCUT2D eigenvalue weighted by Gasteiger charge is 2.32. The van der Waals surface area contributed by atoms with Crippen LogP contribution in [0.3, 0.4) is 0 Å². The highest BCUT2D eigenvalue weighted by atomic mass is 35.5. The molecule has 0 aliphatic heterocycles. The van der Waals surface area contributed by atoms with Gasteiger partial charge in [0.2, 0.25) is 0 Å². The standard InChI is InChI=1S/C40H51N5.ClH/c1-24-11-15-28(16-12-24)37-30(21-41)33(19-39(5,6)7)44-26(3)35(37)32(23-43)36-27(4)45-34(20-40(8,9)10)31(22-42)38(36)29-17-13-25(2)14-18-29;/h11-18,32H,19-22,41-42H2,1-10H3;1H. The van der Waals surface area contributed by atoms with Gasteiger partial charge in [-0.05, 0) is 84.7 Å². The number of nitrogens with zero attached hydrogens (tertiary/aromatic N) is 3. The van der Waals surface area contributed by atoms with Crippen molar-refractivity contribution in [2.45, 2.75) is 101 Å². The normalized spacial score (nSPS) is 11.8. The van der Waals surface area contributed by atoms with Crippen molar-refractivity contribution >= 4 is 12.4 Å². The van der Waals surface area contributed by atoms with Crippen LogP contribution < -0.4 is 11.5 Å². The van der Waals surface area contributed by atoms with E-state index in [1.165, 1.54) is 11.1 Å². The molecule has 0 aliphatic carbocycles. The Bertz CT molecular complexity index is 1590. The third-order valence-corrected chi connectivity index (χ3v) is 8.41. The van der Waals surface area contributed by atoms with Crippen LogP contribution in [0.5, 0.6) is 0 Å². The first-order valence-electron chi connectivity index (χ1n) is 16.1. The van der Waals surface area contributed by atoms with Gasteiger partial charge in [0.05, 0.1) is 6.07 Å². The van der Waals surface area contributed by atoms with Crippen molar-refractivity contribution in [2.24, 2.45) is 22.3 Å². The SMILES string of the molecule is Cc1ccc(-c2c(CN)c(CC(C)(C)C)nc(C)c2C(C#N)c2c(C)nc(CC(C)(C)C)c(CN)c2-c2ccc(C)cc2)cc1.Cl. The Morgan fingerprint density at radius 1 is 0.630 bits per heavy atom. The minimum absolute atomic E-state index is 0. The van der Waals surface area contributed by atoms with Crippen molar-refractivity contribution in [3.63, 3.8) is 0 Å². The molecule has 4 aromatic rings. The van der Waals surface area contributed by atoms with Gasteiger partial charge < -0.3 is 11.5 Å². The van der Waals surface area contributed by atoms with Crippen LogP contribution in [-0.2, 0) is 25.9 Å². The molecule has 244 valence electrons. The van der Waals surface area contributed by atoms with Crippen molar-refractivity contribution in [1.29, 1.82) is 5.26 Å². The third kappa shape index (κ3) is 8.04. The third-order valence-electron chi connectivity index (χ3n) is 8.41. The van der Waals surface area contributed by atoms with Crippen LogP contribution in [0.15, 0.2) is 48.5 Å². The number of nitriles is 1. The maximum absolute atomic E-state index is 11.2. The van der Waals surface area contributed by atoms with Crippen LogP contribution in [0.4, 0.5) is 0 Å². The summed E-state index contributed by atoms with van der Waals surface area (Å²) in [6.45, 7) is 22.2. The first-order chi connectivity index (χ1) is 21.1. The van der Waals surface area contributed by atoms with E-state index in [4.69, 9.17) is 21.4 Å². The van der Waals surface area contributed by atoms with Crippen molar-refractivity contribution in [2.75, 3.05) is 0 Å². The molecule has 2 aromatic carbocycles. The van der Waals surface area contributed by atoms with E-state index in [0.29, 0.717) is 13.1 Å². The van der Waals surface area contributed by atoms with Gasteiger partial charge in [0.25, 0.3) is 0 Å². The van der Waals surface area contributed by atoms with E-state index in [1.807, 2.05) is 13.8 Å². The minimum atomic E-state index is -0.638. The molecule has 0 saturated carbocycles. The smallest absolute Gasteiger partial charge is 0.101 e. The Balaban J connectivity index is 0.00000576. The van der Waals surface area contributed by atoms with Crippen LogP contribution in [0.25, 0.3) is 22.3 Å². The Kier molecular flexibility index (Phi) is 11.6. The molecule has 0 aliphatic rings. The number of hydrogen-bond donors (Lipinski definition) is 2. The molecule has 0 bridgehead atoms. The lowest BCUT2D eigenvalue weighted by Gasteiger charge is -2.29. The van der Waals surface area contributed by atoms with Gasteiger partial charge in [-0.15, -0.1) is 12.4 Å². The van der Waals surface area contributed by atoms with E-state index in [9.17, 15) is 5.26 Å². The summed E-state index contributed by atoms with van der Waals surface area (Å²) >= 11 is 0. The highest BCUT2D eigenvalue weighted by Crippen LogP contribution is 2.45. The summed E-state index contributed by atoms with van der Waals surface area (Å²) in [6.07, 6.45) is 1.56. The lowest BCUT2D eigenvalue weighted by molar-refractivity contribution is 0.404. The molecule has 4 N–H and O–H groups in total. The maximum atomic E-state index is 11.2. The molecule has 0 saturated heterocycles. The molecule has 0 amide bonds. The molecule has 46 heavy (non-hydrogen) atoms. The molecule has 6 heteroatoms. The fraction of sp³-hybridized carbons (Fsp3) is 0.425. The number of benzene rings is 2. The summed E-state index contributed by atoms with van der Waals surface area (Å²) < 4.78 is 0. The van der Waals surface area contributed by atoms with Gasteiger partial charge in [-0.25, -0.2) is 0 Å². The van der Waals surface area contributed by atoms with Gasteiger partial charge in [0.1, 0.15) is 5.92 Å². The van der Waals surface area contributed by atoms with Crippen molar-refractivity contribution in [1.82, 2.24) is 9.97 Å². The van der Waals surface area contributed by atoms with Crippen LogP contribution in [0, 0.1) is 49.9 Å². The van der Waals surface area contributed by atoms with Gasteiger partial charge in [-0.3, -0.25) is 9.97 Å². The molecule has 0 spiro atoms. The van der Waals surface area contributed by atoms with E-state index in [-0.39, 0.29) is 23.2 Å². The van der Waals surface area contributed by atoms with Gasteiger partial charge in [0.15, 0.2) is 0 Å². The number of aryl methyl sites for hydroxylation is 4. The fourth-order valence-electron chi connectivity index (χ4n) is 6.45.